The van der Waals surface area contributed by atoms with Crippen molar-refractivity contribution in [2.45, 2.75) is 6.18 Å². The molecule has 0 aromatic heterocycles. The van der Waals surface area contributed by atoms with E-state index in [4.69, 9.17) is 4.74 Å². The zero-order chi connectivity index (χ0) is 28.4. The lowest BCUT2D eigenvalue weighted by molar-refractivity contribution is -0.143. The van der Waals surface area contributed by atoms with E-state index in [0.717, 1.165) is 43.5 Å². The van der Waals surface area contributed by atoms with Crippen LogP contribution in [-0.4, -0.2) is 7.11 Å². The molecular formula is C28H12F10O. The summed E-state index contributed by atoms with van der Waals surface area (Å²) in [6.45, 7) is 0. The van der Waals surface area contributed by atoms with Crippen molar-refractivity contribution >= 4 is 21.5 Å². The Morgan fingerprint density at radius 3 is 1.56 bits per heavy atom. The van der Waals surface area contributed by atoms with Gasteiger partial charge in [0.25, 0.3) is 0 Å². The SMILES string of the molecule is COc1cc(F)c(-c2c3ccccc3c(-c3c(F)c(F)c(C(F)(F)F)c(F)c3F)c3c(F)cccc23)c(F)c1. The van der Waals surface area contributed by atoms with Crippen molar-refractivity contribution in [1.82, 2.24) is 0 Å². The highest BCUT2D eigenvalue weighted by Gasteiger charge is 2.43. The molecule has 0 spiro atoms. The van der Waals surface area contributed by atoms with Gasteiger partial charge in [0, 0.05) is 28.6 Å². The summed E-state index contributed by atoms with van der Waals surface area (Å²) in [5, 5.41) is -1.58. The molecule has 0 aliphatic heterocycles. The molecule has 39 heavy (non-hydrogen) atoms. The van der Waals surface area contributed by atoms with Crippen molar-refractivity contribution in [2.75, 3.05) is 7.11 Å². The van der Waals surface area contributed by atoms with E-state index in [-0.39, 0.29) is 27.5 Å². The third-order valence-corrected chi connectivity index (χ3v) is 6.30. The number of rotatable bonds is 3. The Bertz CT molecular complexity index is 1760. The van der Waals surface area contributed by atoms with Crippen LogP contribution in [0.5, 0.6) is 5.75 Å². The van der Waals surface area contributed by atoms with Gasteiger partial charge in [-0.1, -0.05) is 36.4 Å². The van der Waals surface area contributed by atoms with E-state index in [9.17, 15) is 22.0 Å². The molecule has 5 rings (SSSR count). The number of ether oxygens (including phenoxy) is 1. The van der Waals surface area contributed by atoms with E-state index in [1.807, 2.05) is 0 Å². The molecule has 0 heterocycles. The topological polar surface area (TPSA) is 9.23 Å². The van der Waals surface area contributed by atoms with E-state index >= 15 is 22.0 Å². The van der Waals surface area contributed by atoms with Crippen LogP contribution in [0, 0.1) is 40.7 Å². The maximum absolute atomic E-state index is 15.4. The van der Waals surface area contributed by atoms with Crippen molar-refractivity contribution in [3.63, 3.8) is 0 Å². The molecule has 5 aromatic carbocycles. The van der Waals surface area contributed by atoms with E-state index < -0.39 is 74.5 Å². The normalized spacial score (nSPS) is 12.0. The van der Waals surface area contributed by atoms with Crippen molar-refractivity contribution in [3.05, 3.63) is 101 Å². The van der Waals surface area contributed by atoms with Gasteiger partial charge in [-0.3, -0.25) is 0 Å². The summed E-state index contributed by atoms with van der Waals surface area (Å²) in [6, 6.07) is 9.73. The summed E-state index contributed by atoms with van der Waals surface area (Å²) in [4.78, 5) is 0. The Morgan fingerprint density at radius 2 is 1.05 bits per heavy atom. The van der Waals surface area contributed by atoms with Gasteiger partial charge in [0.2, 0.25) is 0 Å². The average molecular weight is 554 g/mol. The molecular weight excluding hydrogens is 542 g/mol. The van der Waals surface area contributed by atoms with Crippen molar-refractivity contribution in [1.29, 1.82) is 0 Å². The predicted molar refractivity (Wildman–Crippen MR) is 124 cm³/mol. The summed E-state index contributed by atoms with van der Waals surface area (Å²) in [6.07, 6.45) is -5.79. The molecule has 0 aliphatic rings. The lowest BCUT2D eigenvalue weighted by Gasteiger charge is -2.20. The number of fused-ring (bicyclic) bond motifs is 2. The highest BCUT2D eigenvalue weighted by atomic mass is 19.4. The molecule has 0 N–H and O–H groups in total. The van der Waals surface area contributed by atoms with Gasteiger partial charge < -0.3 is 4.74 Å². The van der Waals surface area contributed by atoms with Crippen LogP contribution in [0.25, 0.3) is 43.8 Å². The molecule has 0 amide bonds. The average Bonchev–Trinajstić information content (AvgIpc) is 2.87. The van der Waals surface area contributed by atoms with Crippen LogP contribution in [0.15, 0.2) is 54.6 Å². The number of hydrogen-bond acceptors (Lipinski definition) is 1. The summed E-state index contributed by atoms with van der Waals surface area (Å²) in [5.41, 5.74) is -6.23. The second-order valence-electron chi connectivity index (χ2n) is 8.43. The Kier molecular flexibility index (Phi) is 6.20. The molecule has 0 saturated heterocycles. The first-order valence-corrected chi connectivity index (χ1v) is 11.0. The minimum atomic E-state index is -5.79. The van der Waals surface area contributed by atoms with Crippen LogP contribution in [0.4, 0.5) is 43.9 Å². The van der Waals surface area contributed by atoms with Crippen molar-refractivity contribution in [2.24, 2.45) is 0 Å². The zero-order valence-electron chi connectivity index (χ0n) is 19.4. The zero-order valence-corrected chi connectivity index (χ0v) is 19.4. The molecule has 0 unspecified atom stereocenters. The fourth-order valence-electron chi connectivity index (χ4n) is 4.72. The highest BCUT2D eigenvalue weighted by Crippen LogP contribution is 2.49. The number of alkyl halides is 3. The van der Waals surface area contributed by atoms with Gasteiger partial charge in [0.15, 0.2) is 23.3 Å². The molecule has 11 heteroatoms. The Labute approximate surface area is 212 Å². The molecule has 5 aromatic rings. The molecule has 0 aliphatic carbocycles. The molecule has 1 nitrogen and oxygen atoms in total. The van der Waals surface area contributed by atoms with Gasteiger partial charge in [0.1, 0.15) is 28.8 Å². The van der Waals surface area contributed by atoms with Crippen LogP contribution in [0.3, 0.4) is 0 Å². The Hall–Kier alpha value is -4.28. The third kappa shape index (κ3) is 3.95. The first-order chi connectivity index (χ1) is 18.4. The van der Waals surface area contributed by atoms with Crippen LogP contribution in [-0.2, 0) is 6.18 Å². The lowest BCUT2D eigenvalue weighted by atomic mass is 9.84. The van der Waals surface area contributed by atoms with Gasteiger partial charge in [-0.25, -0.2) is 30.7 Å². The number of benzene rings is 5. The Balaban J connectivity index is 2.04. The second-order valence-corrected chi connectivity index (χ2v) is 8.43. The maximum Gasteiger partial charge on any atom is 0.422 e. The fourth-order valence-corrected chi connectivity index (χ4v) is 4.72. The number of hydrogen-bond donors (Lipinski definition) is 0. The second kappa shape index (κ2) is 9.18. The molecule has 0 saturated carbocycles. The number of methoxy groups -OCH3 is 1. The third-order valence-electron chi connectivity index (χ3n) is 6.30. The molecule has 0 radical (unpaired) electrons. The standard InChI is InChI=1S/C28H12F10O/c1-39-11-9-16(30)21(17(31)10-11)18-12-5-2-3-6-13(12)20(19-14(18)7-4-8-15(19)29)22-24(32)26(34)23(28(36,37)38)27(35)25(22)33/h2-10H,1H3. The summed E-state index contributed by atoms with van der Waals surface area (Å²) >= 11 is 0. The molecule has 0 bridgehead atoms. The molecule has 0 fully saturated rings. The van der Waals surface area contributed by atoms with Gasteiger partial charge >= 0.3 is 6.18 Å². The van der Waals surface area contributed by atoms with Crippen molar-refractivity contribution in [3.8, 4) is 28.0 Å². The van der Waals surface area contributed by atoms with E-state index in [0.29, 0.717) is 0 Å². The Morgan fingerprint density at radius 1 is 0.538 bits per heavy atom. The molecule has 0 atom stereocenters. The summed E-state index contributed by atoms with van der Waals surface area (Å²) < 4.78 is 150. The van der Waals surface area contributed by atoms with Crippen LogP contribution < -0.4 is 4.74 Å². The smallest absolute Gasteiger partial charge is 0.422 e. The fraction of sp³-hybridized carbons (Fsp3) is 0.0714. The van der Waals surface area contributed by atoms with Gasteiger partial charge in [-0.05, 0) is 22.2 Å². The minimum Gasteiger partial charge on any atom is -0.497 e. The van der Waals surface area contributed by atoms with Crippen molar-refractivity contribution < 1.29 is 48.6 Å². The molecule has 200 valence electrons. The van der Waals surface area contributed by atoms with E-state index in [1.54, 1.807) is 0 Å². The summed E-state index contributed by atoms with van der Waals surface area (Å²) in [7, 11) is 1.16. The van der Waals surface area contributed by atoms with Gasteiger partial charge in [-0.2, -0.15) is 13.2 Å². The quantitative estimate of drug-likeness (QED) is 0.123. The summed E-state index contributed by atoms with van der Waals surface area (Å²) in [5.74, 6) is -14.1. The van der Waals surface area contributed by atoms with Gasteiger partial charge in [-0.15, -0.1) is 0 Å². The monoisotopic (exact) mass is 554 g/mol. The predicted octanol–water partition coefficient (Wildman–Crippen LogP) is 9.33. The lowest BCUT2D eigenvalue weighted by Crippen LogP contribution is -2.16. The minimum absolute atomic E-state index is 0.145. The van der Waals surface area contributed by atoms with E-state index in [2.05, 4.69) is 0 Å². The first kappa shape index (κ1) is 26.3. The van der Waals surface area contributed by atoms with Crippen LogP contribution >= 0.6 is 0 Å². The van der Waals surface area contributed by atoms with Crippen LogP contribution in [0.1, 0.15) is 5.56 Å². The first-order valence-electron chi connectivity index (χ1n) is 11.0. The van der Waals surface area contributed by atoms with Gasteiger partial charge in [0.05, 0.1) is 18.2 Å². The van der Waals surface area contributed by atoms with Crippen LogP contribution in [0.2, 0.25) is 0 Å². The van der Waals surface area contributed by atoms with E-state index in [1.165, 1.54) is 18.2 Å². The largest absolute Gasteiger partial charge is 0.497 e. The maximum atomic E-state index is 15.4. The highest BCUT2D eigenvalue weighted by molar-refractivity contribution is 6.21. The number of halogens is 10.